The first-order valence-corrected chi connectivity index (χ1v) is 14.2. The fraction of sp³-hybridized carbons (Fsp3) is 0.300. The fourth-order valence-corrected chi connectivity index (χ4v) is 6.30. The molecule has 1 aliphatic heterocycles. The Bertz CT molecular complexity index is 1660. The molecule has 3 amide bonds. The maximum absolute atomic E-state index is 13.6. The topological polar surface area (TPSA) is 97.0 Å². The van der Waals surface area contributed by atoms with Crippen LogP contribution in [0.4, 0.5) is 23.2 Å². The van der Waals surface area contributed by atoms with Gasteiger partial charge in [-0.25, -0.2) is 4.39 Å². The van der Waals surface area contributed by atoms with Gasteiger partial charge in [-0.05, 0) is 67.8 Å². The van der Waals surface area contributed by atoms with Crippen LogP contribution in [0.15, 0.2) is 60.7 Å². The third-order valence-corrected chi connectivity index (χ3v) is 8.43. The molecule has 0 radical (unpaired) electrons. The molecule has 2 N–H and O–H groups in total. The molecular formula is C30H23Cl2F4N3O5. The van der Waals surface area contributed by atoms with Crippen molar-refractivity contribution in [3.63, 3.8) is 0 Å². The number of amides is 3. The lowest BCUT2D eigenvalue weighted by Crippen LogP contribution is -2.84. The van der Waals surface area contributed by atoms with E-state index in [0.29, 0.717) is 19.3 Å². The standard InChI is InChI=1S/C30H23Cl2F4N3O5/c31-18-4-7-23-22(9-18)39(27(42)16-2-1-3-17(8-16)30(34,35)36)11-24(44-23)26(41)38-29-13-28(14-29,15-29)37-25(40)12-43-19-5-6-20(32)21(33)10-19/h1-10,24H,11-15H2,(H,37,40)(H,38,41). The molecular weight excluding hydrogens is 629 g/mol. The van der Waals surface area contributed by atoms with Gasteiger partial charge in [0.15, 0.2) is 12.7 Å². The predicted octanol–water partition coefficient (Wildman–Crippen LogP) is 5.55. The summed E-state index contributed by atoms with van der Waals surface area (Å²) in [6, 6.07) is 12.3. The molecule has 4 aliphatic rings. The van der Waals surface area contributed by atoms with E-state index in [2.05, 4.69) is 10.6 Å². The molecule has 0 spiro atoms. The molecule has 7 rings (SSSR count). The van der Waals surface area contributed by atoms with Crippen LogP contribution in [0.3, 0.4) is 0 Å². The Labute approximate surface area is 258 Å². The summed E-state index contributed by atoms with van der Waals surface area (Å²) in [7, 11) is 0. The third-order valence-electron chi connectivity index (χ3n) is 7.89. The number of ether oxygens (including phenoxy) is 2. The van der Waals surface area contributed by atoms with Crippen LogP contribution in [0.2, 0.25) is 10.0 Å². The van der Waals surface area contributed by atoms with Crippen molar-refractivity contribution >= 4 is 46.6 Å². The molecule has 2 bridgehead atoms. The minimum atomic E-state index is -4.65. The van der Waals surface area contributed by atoms with Gasteiger partial charge >= 0.3 is 6.18 Å². The second-order valence-corrected chi connectivity index (χ2v) is 12.0. The minimum Gasteiger partial charge on any atom is -0.484 e. The first kappa shape index (κ1) is 30.0. The van der Waals surface area contributed by atoms with E-state index in [4.69, 9.17) is 32.7 Å². The zero-order chi connectivity index (χ0) is 31.4. The van der Waals surface area contributed by atoms with Gasteiger partial charge in [0, 0.05) is 27.7 Å². The number of nitrogens with zero attached hydrogens (tertiary/aromatic N) is 1. The van der Waals surface area contributed by atoms with Crippen LogP contribution < -0.4 is 25.0 Å². The van der Waals surface area contributed by atoms with Gasteiger partial charge < -0.3 is 25.0 Å². The molecule has 0 saturated heterocycles. The van der Waals surface area contributed by atoms with Gasteiger partial charge in [0.05, 0.1) is 22.8 Å². The van der Waals surface area contributed by atoms with Crippen molar-refractivity contribution in [3.8, 4) is 11.5 Å². The summed E-state index contributed by atoms with van der Waals surface area (Å²) in [5, 5.41) is 6.05. The van der Waals surface area contributed by atoms with Crippen molar-refractivity contribution in [2.75, 3.05) is 18.1 Å². The lowest BCUT2D eigenvalue weighted by Gasteiger charge is -2.70. The average molecular weight is 652 g/mol. The highest BCUT2D eigenvalue weighted by Gasteiger charge is 2.69. The number of fused-ring (bicyclic) bond motifs is 1. The maximum Gasteiger partial charge on any atom is 0.416 e. The molecule has 3 saturated carbocycles. The van der Waals surface area contributed by atoms with Crippen molar-refractivity contribution < 1.29 is 41.4 Å². The molecule has 8 nitrogen and oxygen atoms in total. The zero-order valence-electron chi connectivity index (χ0n) is 22.6. The molecule has 3 aliphatic carbocycles. The number of anilines is 1. The predicted molar refractivity (Wildman–Crippen MR) is 151 cm³/mol. The molecule has 3 aromatic rings. The van der Waals surface area contributed by atoms with E-state index in [-0.39, 0.29) is 45.9 Å². The van der Waals surface area contributed by atoms with E-state index >= 15 is 0 Å². The van der Waals surface area contributed by atoms with E-state index in [9.17, 15) is 31.9 Å². The van der Waals surface area contributed by atoms with E-state index in [0.717, 1.165) is 24.3 Å². The van der Waals surface area contributed by atoms with Gasteiger partial charge in [-0.1, -0.05) is 29.3 Å². The minimum absolute atomic E-state index is 0.0646. The Kier molecular flexibility index (Phi) is 7.40. The number of carbonyl (C=O) groups excluding carboxylic acids is 3. The van der Waals surface area contributed by atoms with E-state index in [1.54, 1.807) is 0 Å². The number of alkyl halides is 3. The van der Waals surface area contributed by atoms with Crippen molar-refractivity contribution in [3.05, 3.63) is 87.7 Å². The van der Waals surface area contributed by atoms with Gasteiger partial charge in [-0.3, -0.25) is 14.4 Å². The van der Waals surface area contributed by atoms with E-state index < -0.39 is 52.5 Å². The van der Waals surface area contributed by atoms with Gasteiger partial charge in [0.1, 0.15) is 17.3 Å². The van der Waals surface area contributed by atoms with Crippen molar-refractivity contribution in [2.45, 2.75) is 42.6 Å². The maximum atomic E-state index is 13.6. The number of benzene rings is 3. The van der Waals surface area contributed by atoms with E-state index in [1.165, 1.54) is 41.3 Å². The van der Waals surface area contributed by atoms with Crippen molar-refractivity contribution in [1.82, 2.24) is 10.6 Å². The fourth-order valence-electron chi connectivity index (χ4n) is 6.01. The number of hydrogen-bond acceptors (Lipinski definition) is 5. The van der Waals surface area contributed by atoms with Gasteiger partial charge in [0.2, 0.25) is 0 Å². The molecule has 1 unspecified atom stereocenters. The number of carbonyl (C=O) groups is 3. The Morgan fingerprint density at radius 1 is 0.977 bits per heavy atom. The number of hydrogen-bond donors (Lipinski definition) is 2. The van der Waals surface area contributed by atoms with Crippen LogP contribution in [0.5, 0.6) is 11.5 Å². The van der Waals surface area contributed by atoms with Gasteiger partial charge in [0.25, 0.3) is 17.7 Å². The highest BCUT2D eigenvalue weighted by molar-refractivity contribution is 6.31. The summed E-state index contributed by atoms with van der Waals surface area (Å²) >= 11 is 11.8. The third kappa shape index (κ3) is 5.75. The van der Waals surface area contributed by atoms with Gasteiger partial charge in [-0.15, -0.1) is 0 Å². The Morgan fingerprint density at radius 3 is 2.41 bits per heavy atom. The summed E-state index contributed by atoms with van der Waals surface area (Å²) in [5.74, 6) is -2.02. The van der Waals surface area contributed by atoms with Crippen LogP contribution >= 0.6 is 23.2 Å². The molecule has 3 fully saturated rings. The van der Waals surface area contributed by atoms with Crippen LogP contribution in [0.25, 0.3) is 0 Å². The lowest BCUT2D eigenvalue weighted by atomic mass is 9.44. The summed E-state index contributed by atoms with van der Waals surface area (Å²) in [6.07, 6.45) is -4.43. The first-order chi connectivity index (χ1) is 20.7. The number of halogens is 6. The van der Waals surface area contributed by atoms with Crippen LogP contribution in [0, 0.1) is 5.82 Å². The second kappa shape index (κ2) is 10.8. The number of rotatable bonds is 7. The summed E-state index contributed by atoms with van der Waals surface area (Å²) in [5.41, 5.74) is -2.06. The highest BCUT2D eigenvalue weighted by atomic mass is 35.5. The SMILES string of the molecule is O=C(COc1ccc(Cl)c(F)c1)NC12CC(NC(=O)C3CN(C(=O)c4cccc(C(F)(F)F)c4)c4cc(Cl)ccc4O3)(C1)C2. The molecule has 0 aromatic heterocycles. The largest absolute Gasteiger partial charge is 0.484 e. The molecule has 1 atom stereocenters. The van der Waals surface area contributed by atoms with E-state index in [1.807, 2.05) is 0 Å². The summed E-state index contributed by atoms with van der Waals surface area (Å²) in [6.45, 7) is -0.605. The molecule has 14 heteroatoms. The number of nitrogens with one attached hydrogen (secondary N) is 2. The Hall–Kier alpha value is -4.03. The first-order valence-electron chi connectivity index (χ1n) is 13.4. The monoisotopic (exact) mass is 651 g/mol. The zero-order valence-corrected chi connectivity index (χ0v) is 24.2. The van der Waals surface area contributed by atoms with Gasteiger partial charge in [-0.2, -0.15) is 13.2 Å². The van der Waals surface area contributed by atoms with Crippen molar-refractivity contribution in [1.29, 1.82) is 0 Å². The Balaban J connectivity index is 1.08. The van der Waals surface area contributed by atoms with Crippen LogP contribution in [-0.2, 0) is 15.8 Å². The second-order valence-electron chi connectivity index (χ2n) is 11.2. The molecule has 1 heterocycles. The highest BCUT2D eigenvalue weighted by Crippen LogP contribution is 2.60. The molecule has 44 heavy (non-hydrogen) atoms. The summed E-state index contributed by atoms with van der Waals surface area (Å²) in [4.78, 5) is 40.4. The molecule has 3 aromatic carbocycles. The van der Waals surface area contributed by atoms with Crippen LogP contribution in [0.1, 0.15) is 35.2 Å². The normalized spacial score (nSPS) is 23.3. The average Bonchev–Trinajstić information content (AvgIpc) is 2.94. The molecule has 230 valence electrons. The summed E-state index contributed by atoms with van der Waals surface area (Å²) < 4.78 is 64.7. The van der Waals surface area contributed by atoms with Crippen molar-refractivity contribution in [2.24, 2.45) is 0 Å². The van der Waals surface area contributed by atoms with Crippen LogP contribution in [-0.4, -0.2) is 48.1 Å². The smallest absolute Gasteiger partial charge is 0.416 e. The lowest BCUT2D eigenvalue weighted by molar-refractivity contribution is -0.153. The Morgan fingerprint density at radius 2 is 1.70 bits per heavy atom. The quantitative estimate of drug-likeness (QED) is 0.327.